The number of benzene rings is 1. The Morgan fingerprint density at radius 1 is 1.04 bits per heavy atom. The molecule has 0 radical (unpaired) electrons. The van der Waals surface area contributed by atoms with E-state index in [4.69, 9.17) is 24.7 Å². The van der Waals surface area contributed by atoms with Crippen molar-refractivity contribution in [3.05, 3.63) is 23.8 Å². The Balaban J connectivity index is 2.86. The van der Waals surface area contributed by atoms with E-state index in [9.17, 15) is 14.4 Å². The third-order valence-corrected chi connectivity index (χ3v) is 2.96. The first-order chi connectivity index (χ1) is 12.0. The lowest BCUT2D eigenvalue weighted by molar-refractivity contribution is -0.146. The Hall–Kier alpha value is -2.61. The lowest BCUT2D eigenvalue weighted by Gasteiger charge is -2.14. The second-order valence-electron chi connectivity index (χ2n) is 4.97. The maximum Gasteiger partial charge on any atom is 0.344 e. The summed E-state index contributed by atoms with van der Waals surface area (Å²) < 4.78 is 20.4. The van der Waals surface area contributed by atoms with Crippen LogP contribution in [-0.4, -0.2) is 50.7 Å². The minimum Gasteiger partial charge on any atom is -0.478 e. The minimum absolute atomic E-state index is 0.239. The molecule has 0 fully saturated rings. The van der Waals surface area contributed by atoms with E-state index in [1.165, 1.54) is 0 Å². The molecular formula is C17H23NO7. The van der Waals surface area contributed by atoms with Gasteiger partial charge < -0.3 is 29.5 Å². The number of ether oxygens (including phenoxy) is 4. The van der Waals surface area contributed by atoms with Crippen LogP contribution in [0.3, 0.4) is 0 Å². The molecule has 8 nitrogen and oxygen atoms in total. The lowest BCUT2D eigenvalue weighted by atomic mass is 10.1. The average Bonchev–Trinajstić information content (AvgIpc) is 2.59. The summed E-state index contributed by atoms with van der Waals surface area (Å²) in [4.78, 5) is 33.6. The number of hydrogen-bond acceptors (Lipinski definition) is 8. The van der Waals surface area contributed by atoms with Crippen molar-refractivity contribution >= 4 is 18.2 Å². The van der Waals surface area contributed by atoms with Crippen molar-refractivity contribution in [3.63, 3.8) is 0 Å². The lowest BCUT2D eigenvalue weighted by Crippen LogP contribution is -2.24. The second kappa shape index (κ2) is 11.0. The van der Waals surface area contributed by atoms with Crippen LogP contribution in [0.25, 0.3) is 0 Å². The molecule has 2 N–H and O–H groups in total. The van der Waals surface area contributed by atoms with Crippen LogP contribution in [0, 0.1) is 0 Å². The smallest absolute Gasteiger partial charge is 0.344 e. The van der Waals surface area contributed by atoms with E-state index in [1.807, 2.05) is 0 Å². The highest BCUT2D eigenvalue weighted by atomic mass is 16.6. The van der Waals surface area contributed by atoms with Crippen molar-refractivity contribution in [1.82, 2.24) is 0 Å². The fraction of sp³-hybridized carbons (Fsp3) is 0.471. The quantitative estimate of drug-likeness (QED) is 0.455. The summed E-state index contributed by atoms with van der Waals surface area (Å²) in [5.41, 5.74) is 6.34. The van der Waals surface area contributed by atoms with Gasteiger partial charge in [0.05, 0.1) is 19.3 Å². The molecule has 1 rings (SSSR count). The molecule has 1 aromatic rings. The Morgan fingerprint density at radius 2 is 1.60 bits per heavy atom. The first kappa shape index (κ1) is 20.4. The van der Waals surface area contributed by atoms with Crippen molar-refractivity contribution in [2.45, 2.75) is 26.3 Å². The van der Waals surface area contributed by atoms with Gasteiger partial charge >= 0.3 is 11.9 Å². The molecule has 0 bridgehead atoms. The van der Waals surface area contributed by atoms with Crippen LogP contribution in [0.15, 0.2) is 18.2 Å². The zero-order valence-electron chi connectivity index (χ0n) is 14.4. The van der Waals surface area contributed by atoms with Crippen molar-refractivity contribution in [2.75, 3.05) is 26.4 Å². The molecule has 1 aromatic carbocycles. The fourth-order valence-corrected chi connectivity index (χ4v) is 1.91. The number of aldehydes is 1. The topological polar surface area (TPSA) is 114 Å². The molecule has 0 aromatic heterocycles. The summed E-state index contributed by atoms with van der Waals surface area (Å²) in [6.45, 7) is 3.26. The molecule has 0 aliphatic heterocycles. The van der Waals surface area contributed by atoms with E-state index in [1.54, 1.807) is 32.0 Å². The van der Waals surface area contributed by atoms with Gasteiger partial charge in [-0.25, -0.2) is 9.59 Å². The molecule has 0 saturated heterocycles. The number of carbonyl (C=O) groups excluding carboxylic acids is 3. The molecule has 1 unspecified atom stereocenters. The molecule has 0 aliphatic carbocycles. The average molecular weight is 353 g/mol. The van der Waals surface area contributed by atoms with Gasteiger partial charge in [0, 0.05) is 0 Å². The van der Waals surface area contributed by atoms with E-state index in [0.717, 1.165) is 5.56 Å². The molecule has 0 amide bonds. The van der Waals surface area contributed by atoms with Crippen LogP contribution < -0.4 is 15.2 Å². The van der Waals surface area contributed by atoms with Gasteiger partial charge in [0.15, 0.2) is 24.7 Å². The maximum atomic E-state index is 11.5. The van der Waals surface area contributed by atoms with E-state index < -0.39 is 18.0 Å². The third kappa shape index (κ3) is 7.67. The molecule has 1 atom stereocenters. The van der Waals surface area contributed by atoms with Gasteiger partial charge in [0.1, 0.15) is 6.29 Å². The van der Waals surface area contributed by atoms with Crippen molar-refractivity contribution < 1.29 is 33.3 Å². The molecule has 0 spiro atoms. The highest BCUT2D eigenvalue weighted by Crippen LogP contribution is 2.29. The fourth-order valence-electron chi connectivity index (χ4n) is 1.91. The third-order valence-electron chi connectivity index (χ3n) is 2.96. The second-order valence-corrected chi connectivity index (χ2v) is 4.97. The number of esters is 2. The van der Waals surface area contributed by atoms with Crippen molar-refractivity contribution in [2.24, 2.45) is 5.73 Å². The molecule has 0 saturated carbocycles. The molecular weight excluding hydrogens is 330 g/mol. The largest absolute Gasteiger partial charge is 0.478 e. The van der Waals surface area contributed by atoms with E-state index in [-0.39, 0.29) is 37.9 Å². The standard InChI is InChI=1S/C17H23NO7/c1-3-22-16(20)10-24-14-6-5-12(7-13(18)9-19)8-15(14)25-11-17(21)23-4-2/h5-6,8-9,13H,3-4,7,10-11,18H2,1-2H3. The van der Waals surface area contributed by atoms with Gasteiger partial charge in [0.25, 0.3) is 0 Å². The SMILES string of the molecule is CCOC(=O)COc1ccc(CC(N)C=O)cc1OCC(=O)OCC. The van der Waals surface area contributed by atoms with Gasteiger partial charge in [0.2, 0.25) is 0 Å². The van der Waals surface area contributed by atoms with Gasteiger partial charge in [-0.15, -0.1) is 0 Å². The predicted octanol–water partition coefficient (Wildman–Crippen LogP) is 0.639. The van der Waals surface area contributed by atoms with Gasteiger partial charge in [-0.3, -0.25) is 0 Å². The summed E-state index contributed by atoms with van der Waals surface area (Å²) in [7, 11) is 0. The van der Waals surface area contributed by atoms with E-state index in [0.29, 0.717) is 12.7 Å². The predicted molar refractivity (Wildman–Crippen MR) is 88.4 cm³/mol. The van der Waals surface area contributed by atoms with Gasteiger partial charge in [-0.05, 0) is 38.0 Å². The monoisotopic (exact) mass is 353 g/mol. The van der Waals surface area contributed by atoms with Crippen molar-refractivity contribution in [1.29, 1.82) is 0 Å². The highest BCUT2D eigenvalue weighted by molar-refractivity contribution is 5.72. The van der Waals surface area contributed by atoms with E-state index >= 15 is 0 Å². The first-order valence-electron chi connectivity index (χ1n) is 7.90. The summed E-state index contributed by atoms with van der Waals surface area (Å²) >= 11 is 0. The van der Waals surface area contributed by atoms with E-state index in [2.05, 4.69) is 0 Å². The number of rotatable bonds is 11. The highest BCUT2D eigenvalue weighted by Gasteiger charge is 2.13. The molecule has 138 valence electrons. The molecule has 25 heavy (non-hydrogen) atoms. The summed E-state index contributed by atoms with van der Waals surface area (Å²) in [6, 6.07) is 4.22. The number of carbonyl (C=O) groups is 3. The normalized spacial score (nSPS) is 11.3. The van der Waals surface area contributed by atoms with Crippen LogP contribution in [0.1, 0.15) is 19.4 Å². The minimum atomic E-state index is -0.649. The Labute approximate surface area is 146 Å². The van der Waals surface area contributed by atoms with Gasteiger partial charge in [-0.2, -0.15) is 0 Å². The molecule has 8 heteroatoms. The molecule has 0 heterocycles. The van der Waals surface area contributed by atoms with Crippen LogP contribution in [-0.2, 0) is 30.3 Å². The van der Waals surface area contributed by atoms with Crippen LogP contribution in [0.5, 0.6) is 11.5 Å². The number of hydrogen-bond donors (Lipinski definition) is 1. The first-order valence-corrected chi connectivity index (χ1v) is 7.90. The molecule has 0 aliphatic rings. The summed E-state index contributed by atoms with van der Waals surface area (Å²) in [5, 5.41) is 0. The summed E-state index contributed by atoms with van der Waals surface area (Å²) in [5.74, 6) is -0.548. The van der Waals surface area contributed by atoms with Crippen LogP contribution in [0.4, 0.5) is 0 Å². The van der Waals surface area contributed by atoms with Gasteiger partial charge in [-0.1, -0.05) is 6.07 Å². The van der Waals surface area contributed by atoms with Crippen LogP contribution >= 0.6 is 0 Å². The zero-order valence-corrected chi connectivity index (χ0v) is 14.4. The zero-order chi connectivity index (χ0) is 18.7. The maximum absolute atomic E-state index is 11.5. The Morgan fingerprint density at radius 3 is 2.12 bits per heavy atom. The Bertz CT molecular complexity index is 588. The van der Waals surface area contributed by atoms with Crippen LogP contribution in [0.2, 0.25) is 0 Å². The Kier molecular flexibility index (Phi) is 9.02. The van der Waals surface area contributed by atoms with Crippen molar-refractivity contribution in [3.8, 4) is 11.5 Å². The number of nitrogens with two attached hydrogens (primary N) is 1. The summed E-state index contributed by atoms with van der Waals surface area (Å²) in [6.07, 6.45) is 0.946.